The van der Waals surface area contributed by atoms with Crippen LogP contribution in [0.3, 0.4) is 0 Å². The molecular weight excluding hydrogens is 346 g/mol. The summed E-state index contributed by atoms with van der Waals surface area (Å²) in [6, 6.07) is 5.48. The molecule has 2 aromatic rings. The first-order valence-electron chi connectivity index (χ1n) is 8.53. The monoisotopic (exact) mass is 369 g/mol. The van der Waals surface area contributed by atoms with Gasteiger partial charge in [-0.2, -0.15) is 0 Å². The van der Waals surface area contributed by atoms with Crippen molar-refractivity contribution in [2.75, 3.05) is 36.8 Å². The van der Waals surface area contributed by atoms with Gasteiger partial charge in [-0.05, 0) is 24.6 Å². The lowest BCUT2D eigenvalue weighted by Gasteiger charge is -2.30. The average Bonchev–Trinajstić information content (AvgIpc) is 3.00. The molecular formula is C17H24ClN3O2S. The largest absolute Gasteiger partial charge is 0.367 e. The average molecular weight is 370 g/mol. The fourth-order valence-electron chi connectivity index (χ4n) is 3.24. The Morgan fingerprint density at radius 3 is 2.62 bits per heavy atom. The Balaban J connectivity index is 2.01. The lowest BCUT2D eigenvalue weighted by molar-refractivity contribution is 0.584. The molecule has 1 N–H and O–H groups in total. The summed E-state index contributed by atoms with van der Waals surface area (Å²) in [5.41, 5.74) is 1.66. The van der Waals surface area contributed by atoms with Gasteiger partial charge < -0.3 is 10.2 Å². The van der Waals surface area contributed by atoms with Crippen molar-refractivity contribution >= 4 is 38.2 Å². The highest BCUT2D eigenvalue weighted by Gasteiger charge is 2.21. The van der Waals surface area contributed by atoms with E-state index in [2.05, 4.69) is 17.1 Å². The summed E-state index contributed by atoms with van der Waals surface area (Å²) in [7, 11) is -3.33. The van der Waals surface area contributed by atoms with E-state index in [1.165, 1.54) is 3.97 Å². The van der Waals surface area contributed by atoms with Gasteiger partial charge in [0, 0.05) is 37.8 Å². The van der Waals surface area contributed by atoms with E-state index < -0.39 is 10.0 Å². The van der Waals surface area contributed by atoms with Gasteiger partial charge in [0.2, 0.25) is 10.0 Å². The standard InChI is InChI=1S/C17H24ClN3O2S/c1-2-3-4-13-24(22,23)21-10-7-14-16(21)6-5-15(18)17(14)20-11-8-19-9-12-20/h5-7,10,19H,2-4,8-9,11-13H2,1H3. The predicted octanol–water partition coefficient (Wildman–Crippen LogP) is 3.07. The number of aromatic nitrogens is 1. The van der Waals surface area contributed by atoms with Gasteiger partial charge in [0.15, 0.2) is 0 Å². The maximum absolute atomic E-state index is 12.7. The van der Waals surface area contributed by atoms with Crippen molar-refractivity contribution in [2.45, 2.75) is 26.2 Å². The third kappa shape index (κ3) is 3.41. The number of hydrogen-bond donors (Lipinski definition) is 1. The van der Waals surface area contributed by atoms with Gasteiger partial charge in [-0.3, -0.25) is 0 Å². The SMILES string of the molecule is CCCCCS(=O)(=O)n1ccc2c(N3CCNCC3)c(Cl)ccc21. The second-order valence-corrected chi connectivity index (χ2v) is 8.57. The fraction of sp³-hybridized carbons (Fsp3) is 0.529. The van der Waals surface area contributed by atoms with Crippen molar-refractivity contribution in [3.05, 3.63) is 29.4 Å². The van der Waals surface area contributed by atoms with E-state index in [-0.39, 0.29) is 5.75 Å². The fourth-order valence-corrected chi connectivity index (χ4v) is 4.99. The summed E-state index contributed by atoms with van der Waals surface area (Å²) in [4.78, 5) is 2.23. The van der Waals surface area contributed by atoms with Gasteiger partial charge in [0.25, 0.3) is 0 Å². The number of fused-ring (bicyclic) bond motifs is 1. The van der Waals surface area contributed by atoms with E-state index in [1.54, 1.807) is 18.3 Å². The summed E-state index contributed by atoms with van der Waals surface area (Å²) in [5.74, 6) is 0.177. The predicted molar refractivity (Wildman–Crippen MR) is 101 cm³/mol. The van der Waals surface area contributed by atoms with E-state index in [0.29, 0.717) is 17.0 Å². The van der Waals surface area contributed by atoms with Crippen molar-refractivity contribution in [3.8, 4) is 0 Å². The first kappa shape index (κ1) is 17.6. The summed E-state index contributed by atoms with van der Waals surface area (Å²) >= 11 is 6.44. The number of halogens is 1. The quantitative estimate of drug-likeness (QED) is 0.795. The Hall–Kier alpha value is -1.24. The zero-order valence-electron chi connectivity index (χ0n) is 14.0. The molecule has 2 heterocycles. The minimum atomic E-state index is -3.33. The smallest absolute Gasteiger partial charge is 0.238 e. The van der Waals surface area contributed by atoms with Crippen molar-refractivity contribution in [2.24, 2.45) is 0 Å². The lowest BCUT2D eigenvalue weighted by atomic mass is 10.2. The number of nitrogens with zero attached hydrogens (tertiary/aromatic N) is 2. The molecule has 0 bridgehead atoms. The molecule has 0 unspecified atom stereocenters. The van der Waals surface area contributed by atoms with Crippen LogP contribution in [0.15, 0.2) is 24.4 Å². The zero-order valence-corrected chi connectivity index (χ0v) is 15.5. The molecule has 5 nitrogen and oxygen atoms in total. The molecule has 1 fully saturated rings. The molecule has 0 saturated carbocycles. The van der Waals surface area contributed by atoms with Gasteiger partial charge >= 0.3 is 0 Å². The van der Waals surface area contributed by atoms with Crippen LogP contribution in [0.5, 0.6) is 0 Å². The molecule has 3 rings (SSSR count). The van der Waals surface area contributed by atoms with Crippen molar-refractivity contribution < 1.29 is 8.42 Å². The third-order valence-corrected chi connectivity index (χ3v) is 6.52. The summed E-state index contributed by atoms with van der Waals surface area (Å²) < 4.78 is 26.7. The van der Waals surface area contributed by atoms with Gasteiger partial charge in [-0.15, -0.1) is 0 Å². The molecule has 0 radical (unpaired) electrons. The molecule has 1 aliphatic heterocycles. The van der Waals surface area contributed by atoms with Crippen LogP contribution in [0.4, 0.5) is 5.69 Å². The van der Waals surface area contributed by atoms with E-state index in [1.807, 2.05) is 6.07 Å². The molecule has 0 aliphatic carbocycles. The molecule has 0 atom stereocenters. The Bertz CT molecular complexity index is 811. The van der Waals surface area contributed by atoms with Crippen LogP contribution in [-0.2, 0) is 10.0 Å². The molecule has 0 spiro atoms. The topological polar surface area (TPSA) is 54.3 Å². The maximum atomic E-state index is 12.7. The van der Waals surface area contributed by atoms with E-state index in [0.717, 1.165) is 50.1 Å². The number of benzene rings is 1. The minimum absolute atomic E-state index is 0.177. The van der Waals surface area contributed by atoms with E-state index >= 15 is 0 Å². The number of rotatable bonds is 6. The van der Waals surface area contributed by atoms with Crippen molar-refractivity contribution in [1.29, 1.82) is 0 Å². The molecule has 0 amide bonds. The highest BCUT2D eigenvalue weighted by molar-refractivity contribution is 7.90. The second kappa shape index (κ2) is 7.33. The number of nitrogens with one attached hydrogen (secondary N) is 1. The Morgan fingerprint density at radius 2 is 1.92 bits per heavy atom. The van der Waals surface area contributed by atoms with Crippen LogP contribution in [-0.4, -0.2) is 44.3 Å². The summed E-state index contributed by atoms with van der Waals surface area (Å²) in [6.07, 6.45) is 4.28. The molecule has 1 aromatic carbocycles. The molecule has 1 aliphatic rings. The highest BCUT2D eigenvalue weighted by atomic mass is 35.5. The Morgan fingerprint density at radius 1 is 1.17 bits per heavy atom. The molecule has 132 valence electrons. The number of unbranched alkanes of at least 4 members (excludes halogenated alkanes) is 2. The van der Waals surface area contributed by atoms with Crippen LogP contribution < -0.4 is 10.2 Å². The number of hydrogen-bond acceptors (Lipinski definition) is 4. The van der Waals surface area contributed by atoms with Gasteiger partial charge in [-0.1, -0.05) is 31.4 Å². The first-order valence-corrected chi connectivity index (χ1v) is 10.5. The minimum Gasteiger partial charge on any atom is -0.367 e. The molecule has 7 heteroatoms. The normalized spacial score (nSPS) is 16.0. The van der Waals surface area contributed by atoms with E-state index in [9.17, 15) is 8.42 Å². The first-order chi connectivity index (χ1) is 11.5. The number of piperazine rings is 1. The Kier molecular flexibility index (Phi) is 5.37. The maximum Gasteiger partial charge on any atom is 0.238 e. The number of anilines is 1. The highest BCUT2D eigenvalue weighted by Crippen LogP contribution is 2.35. The summed E-state index contributed by atoms with van der Waals surface area (Å²) in [6.45, 7) is 5.62. The van der Waals surface area contributed by atoms with Crippen LogP contribution in [0.1, 0.15) is 26.2 Å². The van der Waals surface area contributed by atoms with Gasteiger partial charge in [0.05, 0.1) is 22.0 Å². The van der Waals surface area contributed by atoms with E-state index in [4.69, 9.17) is 11.6 Å². The molecule has 24 heavy (non-hydrogen) atoms. The van der Waals surface area contributed by atoms with Gasteiger partial charge in [-0.25, -0.2) is 12.4 Å². The van der Waals surface area contributed by atoms with Crippen molar-refractivity contribution in [1.82, 2.24) is 9.29 Å². The summed E-state index contributed by atoms with van der Waals surface area (Å²) in [5, 5.41) is 4.90. The van der Waals surface area contributed by atoms with Crippen LogP contribution in [0.25, 0.3) is 10.9 Å². The zero-order chi connectivity index (χ0) is 17.2. The van der Waals surface area contributed by atoms with Crippen LogP contribution in [0.2, 0.25) is 5.02 Å². The lowest BCUT2D eigenvalue weighted by Crippen LogP contribution is -2.43. The van der Waals surface area contributed by atoms with Crippen molar-refractivity contribution in [3.63, 3.8) is 0 Å². The second-order valence-electron chi connectivity index (χ2n) is 6.20. The van der Waals surface area contributed by atoms with Gasteiger partial charge in [0.1, 0.15) is 0 Å². The van der Waals surface area contributed by atoms with Crippen LogP contribution in [0, 0.1) is 0 Å². The molecule has 1 saturated heterocycles. The Labute approximate surface area is 148 Å². The van der Waals surface area contributed by atoms with Crippen LogP contribution >= 0.6 is 11.6 Å². The third-order valence-electron chi connectivity index (χ3n) is 4.50. The molecule has 1 aromatic heterocycles.